The van der Waals surface area contributed by atoms with Crippen LogP contribution in [0.4, 0.5) is 5.69 Å². The highest BCUT2D eigenvalue weighted by molar-refractivity contribution is 7.92. The average Bonchev–Trinajstić information content (AvgIpc) is 2.54. The summed E-state index contributed by atoms with van der Waals surface area (Å²) in [5.41, 5.74) is 0.911. The van der Waals surface area contributed by atoms with Crippen LogP contribution in [0.3, 0.4) is 0 Å². The maximum Gasteiger partial charge on any atom is 0.339 e. The van der Waals surface area contributed by atoms with E-state index >= 15 is 0 Å². The Bertz CT molecular complexity index is 813. The molecule has 0 unspecified atom stereocenters. The summed E-state index contributed by atoms with van der Waals surface area (Å²) in [7, 11) is -1.20. The van der Waals surface area contributed by atoms with Gasteiger partial charge in [0.25, 0.3) is 10.0 Å². The maximum absolute atomic E-state index is 12.6. The third-order valence-corrected chi connectivity index (χ3v) is 4.68. The second-order valence-electron chi connectivity index (χ2n) is 4.77. The Morgan fingerprint density at radius 2 is 1.70 bits per heavy atom. The Labute approximate surface area is 135 Å². The van der Waals surface area contributed by atoms with Gasteiger partial charge in [0.15, 0.2) is 0 Å². The Morgan fingerprint density at radius 3 is 2.26 bits per heavy atom. The zero-order valence-corrected chi connectivity index (χ0v) is 13.8. The molecule has 0 bridgehead atoms. The highest BCUT2D eigenvalue weighted by Crippen LogP contribution is 2.24. The van der Waals surface area contributed by atoms with Gasteiger partial charge >= 0.3 is 5.97 Å². The van der Waals surface area contributed by atoms with Crippen molar-refractivity contribution in [3.05, 3.63) is 53.6 Å². The molecule has 122 valence electrons. The van der Waals surface area contributed by atoms with Crippen LogP contribution in [-0.4, -0.2) is 28.6 Å². The van der Waals surface area contributed by atoms with Gasteiger partial charge in [-0.3, -0.25) is 4.72 Å². The molecule has 2 rings (SSSR count). The zero-order valence-electron chi connectivity index (χ0n) is 13.0. The standard InChI is InChI=1S/C16H17NO5S/c1-11-5-4-6-14(15(11)16(18)22-3)23(19,20)17-12-7-9-13(21-2)10-8-12/h4-10,17H,1-3H3. The van der Waals surface area contributed by atoms with Crippen LogP contribution in [0.15, 0.2) is 47.4 Å². The van der Waals surface area contributed by atoms with E-state index in [1.54, 1.807) is 43.3 Å². The van der Waals surface area contributed by atoms with Gasteiger partial charge in [-0.15, -0.1) is 0 Å². The van der Waals surface area contributed by atoms with Crippen molar-refractivity contribution in [1.29, 1.82) is 0 Å². The monoisotopic (exact) mass is 335 g/mol. The van der Waals surface area contributed by atoms with Crippen LogP contribution in [0.5, 0.6) is 5.75 Å². The first kappa shape index (κ1) is 16.8. The summed E-state index contributed by atoms with van der Waals surface area (Å²) in [4.78, 5) is 11.8. The minimum Gasteiger partial charge on any atom is -0.497 e. The zero-order chi connectivity index (χ0) is 17.0. The Kier molecular flexibility index (Phi) is 4.90. The van der Waals surface area contributed by atoms with Crippen molar-refractivity contribution in [2.24, 2.45) is 0 Å². The predicted octanol–water partition coefficient (Wildman–Crippen LogP) is 2.59. The molecule has 1 N–H and O–H groups in total. The maximum atomic E-state index is 12.6. The van der Waals surface area contributed by atoms with E-state index in [0.29, 0.717) is 17.0 Å². The number of esters is 1. The number of nitrogens with one attached hydrogen (secondary N) is 1. The fourth-order valence-electron chi connectivity index (χ4n) is 2.10. The van der Waals surface area contributed by atoms with Crippen LogP contribution in [-0.2, 0) is 14.8 Å². The number of rotatable bonds is 5. The quantitative estimate of drug-likeness (QED) is 0.849. The largest absolute Gasteiger partial charge is 0.497 e. The van der Waals surface area contributed by atoms with Gasteiger partial charge in [-0.25, -0.2) is 13.2 Å². The Balaban J connectivity index is 2.43. The predicted molar refractivity (Wildman–Crippen MR) is 86.3 cm³/mol. The van der Waals surface area contributed by atoms with Crippen LogP contribution < -0.4 is 9.46 Å². The molecule has 0 amide bonds. The Hall–Kier alpha value is -2.54. The van der Waals surface area contributed by atoms with Gasteiger partial charge in [-0.05, 0) is 42.8 Å². The molecule has 0 heterocycles. The highest BCUT2D eigenvalue weighted by Gasteiger charge is 2.24. The van der Waals surface area contributed by atoms with E-state index in [2.05, 4.69) is 9.46 Å². The van der Waals surface area contributed by atoms with E-state index in [0.717, 1.165) is 0 Å². The van der Waals surface area contributed by atoms with Crippen LogP contribution in [0.2, 0.25) is 0 Å². The van der Waals surface area contributed by atoms with Crippen LogP contribution in [0.25, 0.3) is 0 Å². The van der Waals surface area contributed by atoms with E-state index in [1.807, 2.05) is 0 Å². The van der Waals surface area contributed by atoms with Crippen LogP contribution in [0.1, 0.15) is 15.9 Å². The molecule has 0 aliphatic heterocycles. The third kappa shape index (κ3) is 3.62. The molecule has 0 aliphatic rings. The van der Waals surface area contributed by atoms with Gasteiger partial charge in [-0.1, -0.05) is 12.1 Å². The van der Waals surface area contributed by atoms with Crippen molar-refractivity contribution >= 4 is 21.7 Å². The lowest BCUT2D eigenvalue weighted by Gasteiger charge is -2.13. The minimum absolute atomic E-state index is 0.0241. The smallest absolute Gasteiger partial charge is 0.339 e. The second kappa shape index (κ2) is 6.70. The number of carbonyl (C=O) groups excluding carboxylic acids is 1. The number of methoxy groups -OCH3 is 2. The normalized spacial score (nSPS) is 10.9. The first-order valence-electron chi connectivity index (χ1n) is 6.74. The van der Waals surface area contributed by atoms with Gasteiger partial charge in [0.1, 0.15) is 10.6 Å². The molecule has 0 saturated carbocycles. The molecule has 0 spiro atoms. The van der Waals surface area contributed by atoms with E-state index in [-0.39, 0.29) is 10.5 Å². The number of anilines is 1. The number of aryl methyl sites for hydroxylation is 1. The topological polar surface area (TPSA) is 81.7 Å². The van der Waals surface area contributed by atoms with Crippen molar-refractivity contribution in [2.75, 3.05) is 18.9 Å². The fraction of sp³-hybridized carbons (Fsp3) is 0.188. The molecule has 0 aromatic heterocycles. The first-order chi connectivity index (χ1) is 10.9. The summed E-state index contributed by atoms with van der Waals surface area (Å²) in [6, 6.07) is 11.0. The fourth-order valence-corrected chi connectivity index (χ4v) is 3.42. The van der Waals surface area contributed by atoms with E-state index in [9.17, 15) is 13.2 Å². The van der Waals surface area contributed by atoms with E-state index < -0.39 is 16.0 Å². The summed E-state index contributed by atoms with van der Waals surface area (Å²) in [6.07, 6.45) is 0. The molecule has 0 aliphatic carbocycles. The van der Waals surface area contributed by atoms with Crippen molar-refractivity contribution < 1.29 is 22.7 Å². The SMILES string of the molecule is COC(=O)c1c(C)cccc1S(=O)(=O)Nc1ccc(OC)cc1. The lowest BCUT2D eigenvalue weighted by molar-refractivity contribution is 0.0595. The summed E-state index contributed by atoms with van der Waals surface area (Å²) in [5, 5.41) is 0. The molecule has 23 heavy (non-hydrogen) atoms. The summed E-state index contributed by atoms with van der Waals surface area (Å²) < 4.78 is 37.4. The van der Waals surface area contributed by atoms with Gasteiger partial charge in [0, 0.05) is 5.69 Å². The van der Waals surface area contributed by atoms with Crippen molar-refractivity contribution in [3.8, 4) is 5.75 Å². The van der Waals surface area contributed by atoms with Crippen molar-refractivity contribution in [2.45, 2.75) is 11.8 Å². The highest BCUT2D eigenvalue weighted by atomic mass is 32.2. The van der Waals surface area contributed by atoms with Gasteiger partial charge in [0.05, 0.1) is 19.8 Å². The second-order valence-corrected chi connectivity index (χ2v) is 6.42. The molecule has 2 aromatic rings. The molecule has 7 heteroatoms. The summed E-state index contributed by atoms with van der Waals surface area (Å²) in [5.74, 6) is -0.0861. The lowest BCUT2D eigenvalue weighted by atomic mass is 10.1. The number of carbonyl (C=O) groups is 1. The molecule has 0 saturated heterocycles. The number of sulfonamides is 1. The lowest BCUT2D eigenvalue weighted by Crippen LogP contribution is -2.18. The molecule has 6 nitrogen and oxygen atoms in total. The number of ether oxygens (including phenoxy) is 2. The number of benzene rings is 2. The van der Waals surface area contributed by atoms with Crippen LogP contribution >= 0.6 is 0 Å². The van der Waals surface area contributed by atoms with E-state index in [1.165, 1.54) is 20.3 Å². The molecule has 0 fully saturated rings. The third-order valence-electron chi connectivity index (χ3n) is 3.26. The summed E-state index contributed by atoms with van der Waals surface area (Å²) in [6.45, 7) is 1.65. The van der Waals surface area contributed by atoms with E-state index in [4.69, 9.17) is 4.74 Å². The number of hydrogen-bond donors (Lipinski definition) is 1. The van der Waals surface area contributed by atoms with Gasteiger partial charge in [0.2, 0.25) is 0 Å². The number of hydrogen-bond acceptors (Lipinski definition) is 5. The average molecular weight is 335 g/mol. The van der Waals surface area contributed by atoms with Crippen molar-refractivity contribution in [1.82, 2.24) is 0 Å². The van der Waals surface area contributed by atoms with Gasteiger partial charge in [-0.2, -0.15) is 0 Å². The van der Waals surface area contributed by atoms with Crippen LogP contribution in [0, 0.1) is 6.92 Å². The molecule has 2 aromatic carbocycles. The molecule has 0 radical (unpaired) electrons. The molecule has 0 atom stereocenters. The first-order valence-corrected chi connectivity index (χ1v) is 8.22. The van der Waals surface area contributed by atoms with Gasteiger partial charge < -0.3 is 9.47 Å². The Morgan fingerprint density at radius 1 is 1.04 bits per heavy atom. The summed E-state index contributed by atoms with van der Waals surface area (Å²) >= 11 is 0. The minimum atomic E-state index is -3.93. The van der Waals surface area contributed by atoms with Crippen molar-refractivity contribution in [3.63, 3.8) is 0 Å². The molecular formula is C16H17NO5S. The molecular weight excluding hydrogens is 318 g/mol.